The third-order valence-corrected chi connectivity index (χ3v) is 7.19. The Morgan fingerprint density at radius 3 is 1.91 bits per heavy atom. The van der Waals surface area contributed by atoms with Crippen LogP contribution in [0.2, 0.25) is 0 Å². The highest BCUT2D eigenvalue weighted by molar-refractivity contribution is 6.05. The highest BCUT2D eigenvalue weighted by atomic mass is 16.5. The molecule has 0 saturated heterocycles. The Labute approximate surface area is 195 Å². The van der Waals surface area contributed by atoms with Crippen LogP contribution in [0.15, 0.2) is 103 Å². The number of hydrogen-bond donors (Lipinski definition) is 0. The van der Waals surface area contributed by atoms with Gasteiger partial charge in [-0.25, -0.2) is 0 Å². The fourth-order valence-electron chi connectivity index (χ4n) is 5.49. The molecule has 0 radical (unpaired) electrons. The molecule has 0 atom stereocenters. The van der Waals surface area contributed by atoms with Gasteiger partial charge in [-0.15, -0.1) is 0 Å². The van der Waals surface area contributed by atoms with Crippen LogP contribution in [0.5, 0.6) is 5.75 Å². The van der Waals surface area contributed by atoms with Gasteiger partial charge in [0, 0.05) is 10.8 Å². The summed E-state index contributed by atoms with van der Waals surface area (Å²) < 4.78 is 5.80. The Balaban J connectivity index is 1.59. The summed E-state index contributed by atoms with van der Waals surface area (Å²) in [7, 11) is 1.77. The molecule has 0 aliphatic heterocycles. The maximum absolute atomic E-state index is 5.80. The second-order valence-corrected chi connectivity index (χ2v) is 9.34. The van der Waals surface area contributed by atoms with Gasteiger partial charge in [0.15, 0.2) is 0 Å². The Hall–Kier alpha value is -3.84. The van der Waals surface area contributed by atoms with Gasteiger partial charge in [0.1, 0.15) is 5.75 Å². The van der Waals surface area contributed by atoms with Crippen molar-refractivity contribution < 1.29 is 4.74 Å². The van der Waals surface area contributed by atoms with Crippen molar-refractivity contribution in [3.63, 3.8) is 0 Å². The zero-order chi connectivity index (χ0) is 22.6. The van der Waals surface area contributed by atoms with Crippen LogP contribution >= 0.6 is 0 Å². The first-order chi connectivity index (χ1) is 16.1. The normalized spacial score (nSPS) is 13.5. The third kappa shape index (κ3) is 2.93. The number of benzene rings is 5. The number of hydrogen-bond acceptors (Lipinski definition) is 1. The maximum atomic E-state index is 5.80. The molecule has 1 aliphatic rings. The molecule has 0 spiro atoms. The predicted molar refractivity (Wildman–Crippen MR) is 139 cm³/mol. The average molecular weight is 427 g/mol. The van der Waals surface area contributed by atoms with Gasteiger partial charge in [0.2, 0.25) is 0 Å². The van der Waals surface area contributed by atoms with Crippen molar-refractivity contribution in [2.75, 3.05) is 7.11 Å². The summed E-state index contributed by atoms with van der Waals surface area (Å²) in [5, 5.41) is 2.43. The molecule has 0 fully saturated rings. The van der Waals surface area contributed by atoms with Crippen LogP contribution < -0.4 is 4.74 Å². The molecule has 0 N–H and O–H groups in total. The topological polar surface area (TPSA) is 9.23 Å². The fourth-order valence-corrected chi connectivity index (χ4v) is 5.49. The number of methoxy groups -OCH3 is 1. The van der Waals surface area contributed by atoms with Gasteiger partial charge in [-0.2, -0.15) is 0 Å². The van der Waals surface area contributed by atoms with Crippen molar-refractivity contribution in [2.24, 2.45) is 0 Å². The molecule has 0 amide bonds. The van der Waals surface area contributed by atoms with Gasteiger partial charge in [0.25, 0.3) is 0 Å². The second kappa shape index (κ2) is 7.35. The largest absolute Gasteiger partial charge is 0.496 e. The van der Waals surface area contributed by atoms with E-state index in [1.165, 1.54) is 55.3 Å². The minimum atomic E-state index is -0.111. The third-order valence-electron chi connectivity index (χ3n) is 7.19. The van der Waals surface area contributed by atoms with Crippen LogP contribution in [-0.2, 0) is 5.41 Å². The fraction of sp³-hybridized carbons (Fsp3) is 0.125. The molecule has 0 saturated carbocycles. The summed E-state index contributed by atoms with van der Waals surface area (Å²) in [6, 6.07) is 37.2. The lowest BCUT2D eigenvalue weighted by Gasteiger charge is -2.23. The summed E-state index contributed by atoms with van der Waals surface area (Å²) >= 11 is 0. The lowest BCUT2D eigenvalue weighted by atomic mass is 9.81. The van der Waals surface area contributed by atoms with Gasteiger partial charge in [-0.1, -0.05) is 105 Å². The highest BCUT2D eigenvalue weighted by Gasteiger charge is 2.37. The van der Waals surface area contributed by atoms with Crippen molar-refractivity contribution in [1.82, 2.24) is 0 Å². The standard InChI is InChI=1S/C32H26O/c1-32(2)28-19-22(24-14-8-7-13-23(24)21-11-5-4-6-12-21)17-18-27(28)31-26-16-10-9-15-25(26)30(33-3)20-29(31)32/h4-20H,1-3H3. The van der Waals surface area contributed by atoms with Crippen LogP contribution in [0.1, 0.15) is 25.0 Å². The number of ether oxygens (including phenoxy) is 1. The molecule has 160 valence electrons. The molecule has 1 heteroatoms. The Kier molecular flexibility index (Phi) is 4.41. The second-order valence-electron chi connectivity index (χ2n) is 9.34. The van der Waals surface area contributed by atoms with Crippen molar-refractivity contribution >= 4 is 10.8 Å². The molecule has 0 unspecified atom stereocenters. The monoisotopic (exact) mass is 426 g/mol. The van der Waals surface area contributed by atoms with Crippen molar-refractivity contribution in [3.05, 3.63) is 114 Å². The van der Waals surface area contributed by atoms with E-state index in [9.17, 15) is 0 Å². The van der Waals surface area contributed by atoms with Crippen LogP contribution in [0.4, 0.5) is 0 Å². The molecular weight excluding hydrogens is 400 g/mol. The lowest BCUT2D eigenvalue weighted by Crippen LogP contribution is -2.15. The summed E-state index contributed by atoms with van der Waals surface area (Å²) in [5.41, 5.74) is 10.3. The molecule has 1 aliphatic carbocycles. The van der Waals surface area contributed by atoms with Gasteiger partial charge < -0.3 is 4.74 Å². The molecule has 0 aromatic heterocycles. The summed E-state index contributed by atoms with van der Waals surface area (Å²) in [6.07, 6.45) is 0. The van der Waals surface area contributed by atoms with Crippen molar-refractivity contribution in [1.29, 1.82) is 0 Å². The molecule has 5 aromatic carbocycles. The summed E-state index contributed by atoms with van der Waals surface area (Å²) in [6.45, 7) is 4.66. The van der Waals surface area contributed by atoms with E-state index in [0.717, 1.165) is 5.75 Å². The van der Waals surface area contributed by atoms with E-state index in [2.05, 4.69) is 117 Å². The van der Waals surface area contributed by atoms with Crippen LogP contribution in [0.3, 0.4) is 0 Å². The predicted octanol–water partition coefficient (Wildman–Crippen LogP) is 8.49. The SMILES string of the molecule is COc1cc2c(c3ccccc13)-c1ccc(-c3ccccc3-c3ccccc3)cc1C2(C)C. The summed E-state index contributed by atoms with van der Waals surface area (Å²) in [4.78, 5) is 0. The highest BCUT2D eigenvalue weighted by Crippen LogP contribution is 2.54. The minimum Gasteiger partial charge on any atom is -0.496 e. The lowest BCUT2D eigenvalue weighted by molar-refractivity contribution is 0.418. The van der Waals surface area contributed by atoms with E-state index >= 15 is 0 Å². The Morgan fingerprint density at radius 1 is 0.545 bits per heavy atom. The minimum absolute atomic E-state index is 0.111. The first-order valence-electron chi connectivity index (χ1n) is 11.5. The van der Waals surface area contributed by atoms with Gasteiger partial charge in [0.05, 0.1) is 7.11 Å². The zero-order valence-electron chi connectivity index (χ0n) is 19.2. The number of fused-ring (bicyclic) bond motifs is 5. The first kappa shape index (κ1) is 19.8. The quantitative estimate of drug-likeness (QED) is 0.281. The molecule has 6 rings (SSSR count). The molecule has 1 nitrogen and oxygen atoms in total. The van der Waals surface area contributed by atoms with E-state index < -0.39 is 0 Å². The maximum Gasteiger partial charge on any atom is 0.127 e. The van der Waals surface area contributed by atoms with Crippen LogP contribution in [-0.4, -0.2) is 7.11 Å². The van der Waals surface area contributed by atoms with E-state index in [4.69, 9.17) is 4.74 Å². The van der Waals surface area contributed by atoms with E-state index in [-0.39, 0.29) is 5.41 Å². The van der Waals surface area contributed by atoms with Gasteiger partial charge in [-0.05, 0) is 62.0 Å². The Bertz CT molecular complexity index is 1510. The molecule has 0 heterocycles. The zero-order valence-corrected chi connectivity index (χ0v) is 19.2. The Morgan fingerprint density at radius 2 is 1.18 bits per heavy atom. The van der Waals surface area contributed by atoms with Crippen LogP contribution in [0, 0.1) is 0 Å². The molecule has 5 aromatic rings. The van der Waals surface area contributed by atoms with Crippen LogP contribution in [0.25, 0.3) is 44.2 Å². The molecule has 33 heavy (non-hydrogen) atoms. The van der Waals surface area contributed by atoms with Gasteiger partial charge in [-0.3, -0.25) is 0 Å². The average Bonchev–Trinajstić information content (AvgIpc) is 3.10. The van der Waals surface area contributed by atoms with Crippen molar-refractivity contribution in [3.8, 4) is 39.1 Å². The van der Waals surface area contributed by atoms with Gasteiger partial charge >= 0.3 is 0 Å². The van der Waals surface area contributed by atoms with Crippen molar-refractivity contribution in [2.45, 2.75) is 19.3 Å². The smallest absolute Gasteiger partial charge is 0.127 e. The number of rotatable bonds is 3. The summed E-state index contributed by atoms with van der Waals surface area (Å²) in [5.74, 6) is 0.944. The van der Waals surface area contributed by atoms with E-state index in [1.54, 1.807) is 7.11 Å². The molecular formula is C32H26O. The van der Waals surface area contributed by atoms with E-state index in [1.807, 2.05) is 0 Å². The van der Waals surface area contributed by atoms with E-state index in [0.29, 0.717) is 0 Å². The first-order valence-corrected chi connectivity index (χ1v) is 11.5. The molecule has 0 bridgehead atoms.